The maximum atomic E-state index is 13.5. The van der Waals surface area contributed by atoms with Crippen molar-refractivity contribution in [2.45, 2.75) is 19.4 Å². The molecule has 1 aromatic heterocycles. The highest BCUT2D eigenvalue weighted by Crippen LogP contribution is 2.27. The molecule has 0 spiro atoms. The van der Waals surface area contributed by atoms with E-state index in [4.69, 9.17) is 0 Å². The predicted octanol–water partition coefficient (Wildman–Crippen LogP) is 3.22. The number of hydrogen-bond acceptors (Lipinski definition) is 5. The zero-order valence-electron chi connectivity index (χ0n) is 24.0. The van der Waals surface area contributed by atoms with Gasteiger partial charge in [0.15, 0.2) is 5.96 Å². The maximum absolute atomic E-state index is 13.5. The highest BCUT2D eigenvalue weighted by molar-refractivity contribution is 6.45. The third kappa shape index (κ3) is 7.01. The molecule has 1 atom stereocenters. The third-order valence-electron chi connectivity index (χ3n) is 7.04. The number of piperazine rings is 1. The van der Waals surface area contributed by atoms with Gasteiger partial charge < -0.3 is 30.3 Å². The lowest BCUT2D eigenvalue weighted by molar-refractivity contribution is -0.129. The molecule has 10 nitrogen and oxygen atoms in total. The van der Waals surface area contributed by atoms with Crippen molar-refractivity contribution < 1.29 is 14.4 Å². The van der Waals surface area contributed by atoms with Gasteiger partial charge in [0.05, 0.1) is 22.8 Å². The number of aromatic amines is 1. The van der Waals surface area contributed by atoms with Crippen molar-refractivity contribution in [3.05, 3.63) is 78.5 Å². The summed E-state index contributed by atoms with van der Waals surface area (Å²) in [6.07, 6.45) is 4.12. The van der Waals surface area contributed by atoms with Crippen molar-refractivity contribution >= 4 is 40.1 Å². The van der Waals surface area contributed by atoms with E-state index in [0.29, 0.717) is 47.6 Å². The van der Waals surface area contributed by atoms with Crippen molar-refractivity contribution in [2.75, 3.05) is 58.7 Å². The summed E-state index contributed by atoms with van der Waals surface area (Å²) >= 11 is 0. The Balaban J connectivity index is 1.48. The number of ketones is 1. The van der Waals surface area contributed by atoms with E-state index in [1.165, 1.54) is 4.90 Å². The van der Waals surface area contributed by atoms with Crippen molar-refractivity contribution in [3.63, 3.8) is 0 Å². The van der Waals surface area contributed by atoms with E-state index in [2.05, 4.69) is 32.1 Å². The van der Waals surface area contributed by atoms with Gasteiger partial charge in [0, 0.05) is 49.9 Å². The highest BCUT2D eigenvalue weighted by atomic mass is 16.2. The number of Topliss-reactive ketones (excluding diaryl/α,β-unsaturated/α-hetero) is 1. The van der Waals surface area contributed by atoms with Gasteiger partial charge in [-0.3, -0.25) is 19.4 Å². The number of aromatic nitrogens is 1. The van der Waals surface area contributed by atoms with E-state index in [1.54, 1.807) is 29.3 Å². The fraction of sp³-hybridized carbons (Fsp3) is 0.355. The summed E-state index contributed by atoms with van der Waals surface area (Å²) < 4.78 is 0. The number of H-pyrrole nitrogens is 1. The van der Waals surface area contributed by atoms with Crippen LogP contribution >= 0.6 is 0 Å². The first-order valence-electron chi connectivity index (χ1n) is 14.0. The molecular formula is C31H39N7O3. The van der Waals surface area contributed by atoms with E-state index in [9.17, 15) is 14.4 Å². The number of fused-ring (bicyclic) bond motifs is 1. The van der Waals surface area contributed by atoms with Crippen LogP contribution in [0.3, 0.4) is 0 Å². The number of carbonyl (C=O) groups is 3. The Morgan fingerprint density at radius 2 is 1.90 bits per heavy atom. The standard InChI is InChI=1S/C31H39N7O3/c1-5-23-21-37(29(40)22-12-8-7-9-13-22)18-19-38(23)30(41)28(39)25-20-34-27-24(25)14-10-15-26(27)35-31(32-6-2)33-16-11-17-36(3)4/h5,7-10,12-15,20,23,34H,1,6,11,16-19,21H2,2-4H3,(H2,32,33,35). The number of rotatable bonds is 10. The largest absolute Gasteiger partial charge is 0.359 e. The number of nitrogens with zero attached hydrogens (tertiary/aromatic N) is 4. The Hall–Kier alpha value is -4.44. The molecule has 1 fully saturated rings. The number of para-hydroxylation sites is 1. The van der Waals surface area contributed by atoms with Gasteiger partial charge in [0.1, 0.15) is 0 Å². The fourth-order valence-corrected chi connectivity index (χ4v) is 4.92. The van der Waals surface area contributed by atoms with E-state index in [1.807, 2.05) is 57.4 Å². The summed E-state index contributed by atoms with van der Waals surface area (Å²) in [5.74, 6) is -0.677. The Morgan fingerprint density at radius 3 is 2.61 bits per heavy atom. The number of anilines is 1. The summed E-state index contributed by atoms with van der Waals surface area (Å²) in [6, 6.07) is 14.1. The van der Waals surface area contributed by atoms with Gasteiger partial charge in [-0.2, -0.15) is 0 Å². The number of amides is 2. The molecule has 3 aromatic rings. The van der Waals surface area contributed by atoms with E-state index >= 15 is 0 Å². The molecule has 0 aliphatic carbocycles. The Kier molecular flexibility index (Phi) is 9.91. The first-order valence-corrected chi connectivity index (χ1v) is 14.0. The van der Waals surface area contributed by atoms with Gasteiger partial charge in [-0.1, -0.05) is 36.4 Å². The topological polar surface area (TPSA) is 113 Å². The van der Waals surface area contributed by atoms with Gasteiger partial charge in [-0.25, -0.2) is 0 Å². The van der Waals surface area contributed by atoms with Crippen LogP contribution in [0.1, 0.15) is 34.1 Å². The molecule has 4 rings (SSSR count). The first-order chi connectivity index (χ1) is 19.8. The molecule has 0 radical (unpaired) electrons. The molecule has 2 aromatic carbocycles. The summed E-state index contributed by atoms with van der Waals surface area (Å²) in [5.41, 5.74) is 2.34. The van der Waals surface area contributed by atoms with E-state index in [0.717, 1.165) is 18.7 Å². The number of guanidine groups is 1. The van der Waals surface area contributed by atoms with Crippen LogP contribution in [-0.2, 0) is 4.79 Å². The average molecular weight is 558 g/mol. The van der Waals surface area contributed by atoms with Crippen LogP contribution in [0.25, 0.3) is 10.9 Å². The molecule has 1 aliphatic rings. The minimum atomic E-state index is -0.614. The molecule has 1 aliphatic heterocycles. The smallest absolute Gasteiger partial charge is 0.295 e. The number of aliphatic imine (C=N–C) groups is 1. The SMILES string of the molecule is C=CC1CN(C(=O)c2ccccc2)CCN1C(=O)C(=O)c1c[nH]c2c(NC(=NCCCN(C)C)NCC)cccc12. The lowest BCUT2D eigenvalue weighted by atomic mass is 10.0. The van der Waals surface area contributed by atoms with Crippen LogP contribution in [-0.4, -0.2) is 103 Å². The number of nitrogens with one attached hydrogen (secondary N) is 3. The lowest BCUT2D eigenvalue weighted by Gasteiger charge is -2.39. The van der Waals surface area contributed by atoms with Crippen molar-refractivity contribution in [3.8, 4) is 0 Å². The highest BCUT2D eigenvalue weighted by Gasteiger charge is 2.35. The molecule has 3 N–H and O–H groups in total. The van der Waals surface area contributed by atoms with E-state index in [-0.39, 0.29) is 19.0 Å². The molecule has 41 heavy (non-hydrogen) atoms. The minimum Gasteiger partial charge on any atom is -0.359 e. The quantitative estimate of drug-likeness (QED) is 0.0881. The average Bonchev–Trinajstić information content (AvgIpc) is 3.43. The van der Waals surface area contributed by atoms with Gasteiger partial charge in [0.2, 0.25) is 0 Å². The second kappa shape index (κ2) is 13.8. The zero-order valence-corrected chi connectivity index (χ0v) is 24.0. The number of benzene rings is 2. The third-order valence-corrected chi connectivity index (χ3v) is 7.04. The zero-order chi connectivity index (χ0) is 29.4. The van der Waals surface area contributed by atoms with Crippen LogP contribution in [0.4, 0.5) is 5.69 Å². The van der Waals surface area contributed by atoms with Crippen LogP contribution in [0.5, 0.6) is 0 Å². The molecule has 2 amide bonds. The molecule has 10 heteroatoms. The lowest BCUT2D eigenvalue weighted by Crippen LogP contribution is -2.57. The second-order valence-electron chi connectivity index (χ2n) is 10.2. The summed E-state index contributed by atoms with van der Waals surface area (Å²) in [6.45, 7) is 9.04. The van der Waals surface area contributed by atoms with Crippen molar-refractivity contribution in [2.24, 2.45) is 4.99 Å². The summed E-state index contributed by atoms with van der Waals surface area (Å²) in [7, 11) is 4.07. The minimum absolute atomic E-state index is 0.106. The molecule has 1 saturated heterocycles. The van der Waals surface area contributed by atoms with Crippen molar-refractivity contribution in [1.29, 1.82) is 0 Å². The second-order valence-corrected chi connectivity index (χ2v) is 10.2. The molecule has 0 saturated carbocycles. The van der Waals surface area contributed by atoms with Crippen LogP contribution in [0.2, 0.25) is 0 Å². The Labute approximate surface area is 241 Å². The van der Waals surface area contributed by atoms with Gasteiger partial charge in [0.25, 0.3) is 17.6 Å². The maximum Gasteiger partial charge on any atom is 0.295 e. The first kappa shape index (κ1) is 29.5. The van der Waals surface area contributed by atoms with Crippen LogP contribution in [0, 0.1) is 0 Å². The van der Waals surface area contributed by atoms with Crippen molar-refractivity contribution in [1.82, 2.24) is 25.0 Å². The van der Waals surface area contributed by atoms with Crippen LogP contribution in [0.15, 0.2) is 72.4 Å². The summed E-state index contributed by atoms with van der Waals surface area (Å²) in [5, 5.41) is 7.24. The molecule has 0 bridgehead atoms. The van der Waals surface area contributed by atoms with E-state index < -0.39 is 17.7 Å². The fourth-order valence-electron chi connectivity index (χ4n) is 4.92. The Bertz CT molecular complexity index is 1410. The van der Waals surface area contributed by atoms with Gasteiger partial charge >= 0.3 is 0 Å². The van der Waals surface area contributed by atoms with Gasteiger partial charge in [-0.15, -0.1) is 6.58 Å². The monoisotopic (exact) mass is 557 g/mol. The molecule has 216 valence electrons. The summed E-state index contributed by atoms with van der Waals surface area (Å²) in [4.78, 5) is 53.1. The van der Waals surface area contributed by atoms with Crippen LogP contribution < -0.4 is 10.6 Å². The Morgan fingerprint density at radius 1 is 1.12 bits per heavy atom. The van der Waals surface area contributed by atoms with Gasteiger partial charge in [-0.05, 0) is 52.2 Å². The molecule has 2 heterocycles. The normalized spacial score (nSPS) is 15.7. The predicted molar refractivity (Wildman–Crippen MR) is 163 cm³/mol. The number of hydrogen-bond donors (Lipinski definition) is 3. The molecular weight excluding hydrogens is 518 g/mol. The molecule has 1 unspecified atom stereocenters. The number of carbonyl (C=O) groups excluding carboxylic acids is 3.